The Kier molecular flexibility index (Phi) is 6.08. The topological polar surface area (TPSA) is 33.5 Å². The highest BCUT2D eigenvalue weighted by molar-refractivity contribution is 5.80. The molecule has 3 heteroatoms. The summed E-state index contributed by atoms with van der Waals surface area (Å²) in [5.41, 5.74) is 2.75. The molecule has 0 spiro atoms. The average molecular weight is 327 g/mol. The third-order valence-corrected chi connectivity index (χ3v) is 5.77. The Morgan fingerprint density at radius 2 is 1.96 bits per heavy atom. The summed E-state index contributed by atoms with van der Waals surface area (Å²) in [7, 11) is 0. The molecule has 0 saturated heterocycles. The predicted molar refractivity (Wildman–Crippen MR) is 98.8 cm³/mol. The third-order valence-electron chi connectivity index (χ3n) is 5.77. The fourth-order valence-corrected chi connectivity index (χ4v) is 4.04. The van der Waals surface area contributed by atoms with Crippen molar-refractivity contribution in [3.05, 3.63) is 42.0 Å². The molecule has 1 amide bonds. The van der Waals surface area contributed by atoms with E-state index in [0.717, 1.165) is 26.1 Å². The Bertz CT molecular complexity index is 560. The van der Waals surface area contributed by atoms with Gasteiger partial charge in [0.25, 0.3) is 5.91 Å². The van der Waals surface area contributed by atoms with Crippen LogP contribution in [-0.2, 0) is 4.79 Å². The summed E-state index contributed by atoms with van der Waals surface area (Å²) in [6, 6.07) is 10.6. The van der Waals surface area contributed by atoms with E-state index in [1.54, 1.807) is 0 Å². The van der Waals surface area contributed by atoms with Gasteiger partial charge in [0.2, 0.25) is 0 Å². The quantitative estimate of drug-likeness (QED) is 0.856. The highest BCUT2D eigenvalue weighted by atomic mass is 16.2. The molecule has 1 aliphatic heterocycles. The van der Waals surface area contributed by atoms with Crippen LogP contribution in [0.2, 0.25) is 0 Å². The van der Waals surface area contributed by atoms with Gasteiger partial charge in [-0.25, -0.2) is 0 Å². The van der Waals surface area contributed by atoms with E-state index in [1.807, 2.05) is 0 Å². The standard InChI is InChI=1S/C21H30N2O/c1-17(21(24)22-16-18-8-4-2-5-9-18)23-14-12-20(13-15-23)19-10-6-3-7-11-19/h3,6-7,10-12,17-18H,2,4-5,8-9,13-16H2,1H3,(H,22,24)/p+1/t17-/m0/s1. The van der Waals surface area contributed by atoms with Crippen LogP contribution in [0.5, 0.6) is 0 Å². The van der Waals surface area contributed by atoms with E-state index in [-0.39, 0.29) is 11.9 Å². The van der Waals surface area contributed by atoms with E-state index >= 15 is 0 Å². The second kappa shape index (κ2) is 8.48. The maximum absolute atomic E-state index is 12.5. The SMILES string of the molecule is C[C@@H](C(=O)NCC1CCCCC1)[NH+]1CC=C(c2ccccc2)CC1. The van der Waals surface area contributed by atoms with E-state index in [0.29, 0.717) is 5.92 Å². The first-order valence-corrected chi connectivity index (χ1v) is 9.61. The van der Waals surface area contributed by atoms with Crippen molar-refractivity contribution in [3.8, 4) is 0 Å². The molecule has 3 nitrogen and oxygen atoms in total. The van der Waals surface area contributed by atoms with E-state index in [1.165, 1.54) is 48.1 Å². The van der Waals surface area contributed by atoms with Crippen LogP contribution in [0, 0.1) is 5.92 Å². The zero-order valence-corrected chi connectivity index (χ0v) is 14.9. The zero-order chi connectivity index (χ0) is 16.8. The predicted octanol–water partition coefficient (Wildman–Crippen LogP) is 2.44. The minimum Gasteiger partial charge on any atom is -0.351 e. The molecular formula is C21H31N2O+. The second-order valence-electron chi connectivity index (χ2n) is 7.43. The molecule has 24 heavy (non-hydrogen) atoms. The molecule has 0 radical (unpaired) electrons. The Morgan fingerprint density at radius 1 is 1.21 bits per heavy atom. The largest absolute Gasteiger partial charge is 0.351 e. The van der Waals surface area contributed by atoms with Crippen LogP contribution in [0.1, 0.15) is 51.0 Å². The van der Waals surface area contributed by atoms with Gasteiger partial charge in [0.1, 0.15) is 0 Å². The Balaban J connectivity index is 1.48. The number of hydrogen-bond donors (Lipinski definition) is 2. The molecule has 0 bridgehead atoms. The number of carbonyl (C=O) groups excluding carboxylic acids is 1. The van der Waals surface area contributed by atoms with E-state index in [4.69, 9.17) is 0 Å². The van der Waals surface area contributed by atoms with Gasteiger partial charge in [0.15, 0.2) is 6.04 Å². The van der Waals surface area contributed by atoms with Crippen molar-refractivity contribution in [3.63, 3.8) is 0 Å². The molecule has 2 N–H and O–H groups in total. The lowest BCUT2D eigenvalue weighted by Gasteiger charge is -2.29. The molecule has 2 atom stereocenters. The van der Waals surface area contributed by atoms with E-state index in [9.17, 15) is 4.79 Å². The number of carbonyl (C=O) groups is 1. The minimum atomic E-state index is 0.0437. The monoisotopic (exact) mass is 327 g/mol. The number of amides is 1. The lowest BCUT2D eigenvalue weighted by molar-refractivity contribution is -0.909. The molecule has 0 aromatic heterocycles. The van der Waals surface area contributed by atoms with Crippen LogP contribution in [0.4, 0.5) is 0 Å². The van der Waals surface area contributed by atoms with Crippen LogP contribution in [0.3, 0.4) is 0 Å². The lowest BCUT2D eigenvalue weighted by atomic mass is 9.89. The molecule has 1 aromatic carbocycles. The summed E-state index contributed by atoms with van der Waals surface area (Å²) in [5.74, 6) is 0.933. The van der Waals surface area contributed by atoms with Crippen LogP contribution in [0.25, 0.3) is 5.57 Å². The first kappa shape index (κ1) is 17.2. The summed E-state index contributed by atoms with van der Waals surface area (Å²) in [6.07, 6.45) is 9.98. The first-order valence-electron chi connectivity index (χ1n) is 9.61. The number of hydrogen-bond acceptors (Lipinski definition) is 1. The second-order valence-corrected chi connectivity index (χ2v) is 7.43. The van der Waals surface area contributed by atoms with Crippen molar-refractivity contribution in [2.75, 3.05) is 19.6 Å². The Morgan fingerprint density at radius 3 is 2.62 bits per heavy atom. The summed E-state index contributed by atoms with van der Waals surface area (Å²) >= 11 is 0. The van der Waals surface area contributed by atoms with Crippen molar-refractivity contribution in [1.82, 2.24) is 5.32 Å². The molecule has 1 heterocycles. The van der Waals surface area contributed by atoms with Gasteiger partial charge in [-0.3, -0.25) is 4.79 Å². The molecule has 1 unspecified atom stereocenters. The van der Waals surface area contributed by atoms with Gasteiger partial charge in [0.05, 0.1) is 13.1 Å². The van der Waals surface area contributed by atoms with Gasteiger partial charge in [-0.1, -0.05) is 49.6 Å². The van der Waals surface area contributed by atoms with E-state index in [2.05, 4.69) is 48.6 Å². The Hall–Kier alpha value is -1.61. The fraction of sp³-hybridized carbons (Fsp3) is 0.571. The van der Waals surface area contributed by atoms with Crippen molar-refractivity contribution >= 4 is 11.5 Å². The number of rotatable bonds is 5. The minimum absolute atomic E-state index is 0.0437. The number of benzene rings is 1. The molecule has 1 saturated carbocycles. The summed E-state index contributed by atoms with van der Waals surface area (Å²) < 4.78 is 0. The number of nitrogens with one attached hydrogen (secondary N) is 2. The summed E-state index contributed by atoms with van der Waals surface area (Å²) in [6.45, 7) is 4.94. The van der Waals surface area contributed by atoms with Gasteiger partial charge < -0.3 is 10.2 Å². The molecule has 1 fully saturated rings. The maximum atomic E-state index is 12.5. The van der Waals surface area contributed by atoms with Gasteiger partial charge in [-0.15, -0.1) is 0 Å². The smallest absolute Gasteiger partial charge is 0.278 e. The van der Waals surface area contributed by atoms with Crippen molar-refractivity contribution in [2.45, 2.75) is 51.5 Å². The molecule has 130 valence electrons. The highest BCUT2D eigenvalue weighted by Crippen LogP contribution is 2.22. The van der Waals surface area contributed by atoms with Crippen molar-refractivity contribution < 1.29 is 9.69 Å². The van der Waals surface area contributed by atoms with Gasteiger partial charge in [-0.05, 0) is 42.9 Å². The zero-order valence-electron chi connectivity index (χ0n) is 14.9. The normalized spacial score (nSPS) is 23.4. The van der Waals surface area contributed by atoms with Crippen LogP contribution < -0.4 is 10.2 Å². The van der Waals surface area contributed by atoms with Crippen molar-refractivity contribution in [2.24, 2.45) is 5.92 Å². The van der Waals surface area contributed by atoms with Crippen LogP contribution in [-0.4, -0.2) is 31.6 Å². The van der Waals surface area contributed by atoms with Crippen molar-refractivity contribution in [1.29, 1.82) is 0 Å². The average Bonchev–Trinajstić information content (AvgIpc) is 2.67. The molecule has 3 rings (SSSR count). The fourth-order valence-electron chi connectivity index (χ4n) is 4.04. The third kappa shape index (κ3) is 4.47. The van der Waals surface area contributed by atoms with Gasteiger partial charge in [-0.2, -0.15) is 0 Å². The molecule has 1 aliphatic carbocycles. The summed E-state index contributed by atoms with van der Waals surface area (Å²) in [4.78, 5) is 13.9. The molecule has 1 aromatic rings. The molecule has 2 aliphatic rings. The Labute approximate surface area is 146 Å². The maximum Gasteiger partial charge on any atom is 0.278 e. The van der Waals surface area contributed by atoms with Gasteiger partial charge >= 0.3 is 0 Å². The summed E-state index contributed by atoms with van der Waals surface area (Å²) in [5, 5.41) is 3.21. The van der Waals surface area contributed by atoms with Crippen LogP contribution >= 0.6 is 0 Å². The van der Waals surface area contributed by atoms with Gasteiger partial charge in [0, 0.05) is 13.0 Å². The first-order chi connectivity index (χ1) is 11.7. The van der Waals surface area contributed by atoms with Crippen LogP contribution in [0.15, 0.2) is 36.4 Å². The lowest BCUT2D eigenvalue weighted by Crippen LogP contribution is -3.17. The van der Waals surface area contributed by atoms with E-state index < -0.39 is 0 Å². The molecular weight excluding hydrogens is 296 g/mol. The number of quaternary nitrogens is 1. The highest BCUT2D eigenvalue weighted by Gasteiger charge is 2.27.